The lowest BCUT2D eigenvalue weighted by molar-refractivity contribution is 0.0691. The van der Waals surface area contributed by atoms with E-state index >= 15 is 0 Å². The molecular weight excluding hydrogens is 232 g/mol. The summed E-state index contributed by atoms with van der Waals surface area (Å²) < 4.78 is 1.29. The number of aromatic carboxylic acids is 1. The van der Waals surface area contributed by atoms with Crippen LogP contribution in [0.2, 0.25) is 5.02 Å². The van der Waals surface area contributed by atoms with Gasteiger partial charge in [-0.3, -0.25) is 0 Å². The van der Waals surface area contributed by atoms with Crippen molar-refractivity contribution in [2.75, 3.05) is 5.73 Å². The Bertz CT molecular complexity index is 535. The number of carboxylic acid groups (broad SMARTS) is 1. The van der Waals surface area contributed by atoms with E-state index in [-0.39, 0.29) is 11.4 Å². The van der Waals surface area contributed by atoms with Gasteiger partial charge < -0.3 is 10.8 Å². The first-order valence-electron chi connectivity index (χ1n) is 4.28. The molecule has 0 radical (unpaired) electrons. The van der Waals surface area contributed by atoms with Crippen LogP contribution in [0, 0.1) is 0 Å². The lowest BCUT2D eigenvalue weighted by atomic mass is 10.4. The molecule has 0 aliphatic carbocycles. The highest BCUT2D eigenvalue weighted by molar-refractivity contribution is 6.30. The van der Waals surface area contributed by atoms with Crippen LogP contribution in [0.25, 0.3) is 5.82 Å². The first kappa shape index (κ1) is 10.4. The van der Waals surface area contributed by atoms with Crippen LogP contribution in [-0.4, -0.2) is 25.8 Å². The van der Waals surface area contributed by atoms with Crippen LogP contribution in [0.3, 0.4) is 0 Å². The maximum absolute atomic E-state index is 10.7. The fourth-order valence-corrected chi connectivity index (χ4v) is 1.29. The van der Waals surface area contributed by atoms with Crippen LogP contribution in [0.15, 0.2) is 24.5 Å². The normalized spacial score (nSPS) is 10.3. The van der Waals surface area contributed by atoms with Crippen LogP contribution in [-0.2, 0) is 0 Å². The average molecular weight is 239 g/mol. The molecule has 0 aliphatic heterocycles. The highest BCUT2D eigenvalue weighted by atomic mass is 35.5. The van der Waals surface area contributed by atoms with Gasteiger partial charge in [0.2, 0.25) is 0 Å². The molecule has 0 bridgehead atoms. The second-order valence-electron chi connectivity index (χ2n) is 3.02. The summed E-state index contributed by atoms with van der Waals surface area (Å²) in [6, 6.07) is 3.24. The van der Waals surface area contributed by atoms with E-state index in [1.165, 1.54) is 17.1 Å². The number of hydrogen-bond donors (Lipinski definition) is 2. The number of nitrogens with two attached hydrogens (primary N) is 1. The fraction of sp³-hybridized carbons (Fsp3) is 0. The Kier molecular flexibility index (Phi) is 2.49. The van der Waals surface area contributed by atoms with E-state index in [9.17, 15) is 4.79 Å². The maximum Gasteiger partial charge on any atom is 0.358 e. The molecule has 82 valence electrons. The second-order valence-corrected chi connectivity index (χ2v) is 3.45. The molecule has 0 saturated carbocycles. The number of rotatable bonds is 2. The summed E-state index contributed by atoms with van der Waals surface area (Å²) >= 11 is 5.68. The Labute approximate surface area is 95.3 Å². The molecule has 2 aromatic heterocycles. The second kappa shape index (κ2) is 3.82. The van der Waals surface area contributed by atoms with Crippen molar-refractivity contribution in [3.8, 4) is 5.82 Å². The zero-order valence-corrected chi connectivity index (χ0v) is 8.72. The molecule has 0 fully saturated rings. The van der Waals surface area contributed by atoms with E-state index in [1.807, 2.05) is 0 Å². The number of aromatic nitrogens is 3. The van der Waals surface area contributed by atoms with E-state index < -0.39 is 5.97 Å². The van der Waals surface area contributed by atoms with Gasteiger partial charge in [-0.25, -0.2) is 14.5 Å². The van der Waals surface area contributed by atoms with Crippen molar-refractivity contribution < 1.29 is 9.90 Å². The third-order valence-electron chi connectivity index (χ3n) is 1.89. The van der Waals surface area contributed by atoms with Gasteiger partial charge in [0.05, 0.1) is 16.9 Å². The first-order chi connectivity index (χ1) is 7.58. The molecule has 0 spiro atoms. The van der Waals surface area contributed by atoms with Crippen LogP contribution in [0.5, 0.6) is 0 Å². The molecule has 0 saturated heterocycles. The maximum atomic E-state index is 10.7. The number of nitrogens with zero attached hydrogens (tertiary/aromatic N) is 3. The van der Waals surface area contributed by atoms with Gasteiger partial charge in [0.1, 0.15) is 0 Å². The molecule has 0 atom stereocenters. The summed E-state index contributed by atoms with van der Waals surface area (Å²) in [4.78, 5) is 14.7. The van der Waals surface area contributed by atoms with Crippen molar-refractivity contribution in [2.24, 2.45) is 0 Å². The molecule has 0 amide bonds. The van der Waals surface area contributed by atoms with Crippen LogP contribution >= 0.6 is 11.6 Å². The minimum Gasteiger partial charge on any atom is -0.476 e. The Hall–Kier alpha value is -2.08. The third-order valence-corrected chi connectivity index (χ3v) is 2.12. The van der Waals surface area contributed by atoms with E-state index in [2.05, 4.69) is 10.1 Å². The third kappa shape index (κ3) is 1.82. The minimum atomic E-state index is -1.18. The number of halogens is 1. The van der Waals surface area contributed by atoms with Gasteiger partial charge in [0.25, 0.3) is 0 Å². The summed E-state index contributed by atoms with van der Waals surface area (Å²) in [5.74, 6) is -0.728. The molecule has 3 N–H and O–H groups in total. The fourth-order valence-electron chi connectivity index (χ4n) is 1.17. The Morgan fingerprint density at radius 1 is 1.50 bits per heavy atom. The van der Waals surface area contributed by atoms with Gasteiger partial charge in [0, 0.05) is 6.20 Å². The summed E-state index contributed by atoms with van der Waals surface area (Å²) in [5, 5.41) is 13.1. The Morgan fingerprint density at radius 3 is 2.75 bits per heavy atom. The summed E-state index contributed by atoms with van der Waals surface area (Å²) in [6.07, 6.45) is 2.83. The molecule has 2 heterocycles. The minimum absolute atomic E-state index is 0.0873. The predicted molar refractivity (Wildman–Crippen MR) is 57.7 cm³/mol. The molecule has 2 aromatic rings. The molecule has 0 unspecified atom stereocenters. The molecule has 6 nitrogen and oxygen atoms in total. The number of pyridine rings is 1. The van der Waals surface area contributed by atoms with E-state index in [0.29, 0.717) is 10.8 Å². The largest absolute Gasteiger partial charge is 0.476 e. The summed E-state index contributed by atoms with van der Waals surface area (Å²) in [5.41, 5.74) is 5.38. The van der Waals surface area contributed by atoms with Crippen LogP contribution < -0.4 is 5.73 Å². The highest BCUT2D eigenvalue weighted by Crippen LogP contribution is 2.14. The molecule has 0 aromatic carbocycles. The van der Waals surface area contributed by atoms with Crippen molar-refractivity contribution >= 4 is 23.3 Å². The van der Waals surface area contributed by atoms with Crippen LogP contribution in [0.4, 0.5) is 5.69 Å². The number of carbonyl (C=O) groups is 1. The summed E-state index contributed by atoms with van der Waals surface area (Å²) in [6.45, 7) is 0. The zero-order valence-electron chi connectivity index (χ0n) is 7.96. The average Bonchev–Trinajstić information content (AvgIpc) is 2.61. The van der Waals surface area contributed by atoms with Gasteiger partial charge in [-0.15, -0.1) is 0 Å². The van der Waals surface area contributed by atoms with Crippen molar-refractivity contribution in [1.29, 1.82) is 0 Å². The zero-order chi connectivity index (χ0) is 11.7. The topological polar surface area (TPSA) is 94.0 Å². The molecule has 0 aliphatic rings. The van der Waals surface area contributed by atoms with E-state index in [4.69, 9.17) is 22.4 Å². The predicted octanol–water partition coefficient (Wildman–Crippen LogP) is 1.20. The highest BCUT2D eigenvalue weighted by Gasteiger charge is 2.14. The molecule has 16 heavy (non-hydrogen) atoms. The number of anilines is 1. The van der Waals surface area contributed by atoms with Crippen molar-refractivity contribution in [1.82, 2.24) is 14.8 Å². The van der Waals surface area contributed by atoms with E-state index in [0.717, 1.165) is 0 Å². The van der Waals surface area contributed by atoms with Gasteiger partial charge in [-0.05, 0) is 12.1 Å². The quantitative estimate of drug-likeness (QED) is 0.820. The van der Waals surface area contributed by atoms with Crippen LogP contribution in [0.1, 0.15) is 10.5 Å². The number of nitrogen functional groups attached to an aromatic ring is 1. The summed E-state index contributed by atoms with van der Waals surface area (Å²) in [7, 11) is 0. The van der Waals surface area contributed by atoms with Gasteiger partial charge in [-0.1, -0.05) is 11.6 Å². The first-order valence-corrected chi connectivity index (χ1v) is 4.66. The molecule has 2 rings (SSSR count). The molecular formula is C9H7ClN4O2. The number of carboxylic acids is 1. The van der Waals surface area contributed by atoms with Gasteiger partial charge >= 0.3 is 5.97 Å². The van der Waals surface area contributed by atoms with Crippen molar-refractivity contribution in [2.45, 2.75) is 0 Å². The van der Waals surface area contributed by atoms with Crippen molar-refractivity contribution in [3.63, 3.8) is 0 Å². The Balaban J connectivity index is 2.45. The van der Waals surface area contributed by atoms with Gasteiger partial charge in [0.15, 0.2) is 11.5 Å². The Morgan fingerprint density at radius 2 is 2.25 bits per heavy atom. The van der Waals surface area contributed by atoms with Crippen molar-refractivity contribution in [3.05, 3.63) is 35.2 Å². The van der Waals surface area contributed by atoms with Gasteiger partial charge in [-0.2, -0.15) is 5.10 Å². The lowest BCUT2D eigenvalue weighted by Gasteiger charge is -1.98. The SMILES string of the molecule is Nc1cn(-c2ccc(Cl)cn2)nc1C(=O)O. The smallest absolute Gasteiger partial charge is 0.358 e. The van der Waals surface area contributed by atoms with E-state index in [1.54, 1.807) is 12.1 Å². The standard InChI is InChI=1S/C9H7ClN4O2/c10-5-1-2-7(12-3-5)14-4-6(11)8(13-14)9(15)16/h1-4H,11H2,(H,15,16). The number of hydrogen-bond acceptors (Lipinski definition) is 4. The lowest BCUT2D eigenvalue weighted by Crippen LogP contribution is -2.03. The monoisotopic (exact) mass is 238 g/mol. The molecule has 7 heteroatoms.